The monoisotopic (exact) mass is 395 g/mol. The smallest absolute Gasteiger partial charge is 0.321 e. The average molecular weight is 396 g/mol. The van der Waals surface area contributed by atoms with Crippen molar-refractivity contribution in [2.75, 3.05) is 25.5 Å². The van der Waals surface area contributed by atoms with E-state index in [1.54, 1.807) is 11.3 Å². The van der Waals surface area contributed by atoms with Gasteiger partial charge in [-0.1, -0.05) is 6.07 Å². The third-order valence-corrected chi connectivity index (χ3v) is 6.12. The number of benzene rings is 1. The van der Waals surface area contributed by atoms with Crippen LogP contribution in [0.3, 0.4) is 0 Å². The Bertz CT molecular complexity index is 929. The van der Waals surface area contributed by atoms with Gasteiger partial charge in [-0.3, -0.25) is 9.88 Å². The minimum atomic E-state index is -0.0168. The number of urea groups is 1. The molecule has 1 N–H and O–H groups in total. The van der Waals surface area contributed by atoms with Crippen molar-refractivity contribution in [2.24, 2.45) is 0 Å². The molecule has 3 aromatic rings. The van der Waals surface area contributed by atoms with Crippen LogP contribution in [0.4, 0.5) is 10.5 Å². The van der Waals surface area contributed by atoms with Gasteiger partial charge >= 0.3 is 6.03 Å². The summed E-state index contributed by atoms with van der Waals surface area (Å²) in [6.07, 6.45) is 4.93. The predicted molar refractivity (Wildman–Crippen MR) is 114 cm³/mol. The Morgan fingerprint density at radius 1 is 1.25 bits per heavy atom. The molecule has 1 aliphatic rings. The van der Waals surface area contributed by atoms with E-state index in [4.69, 9.17) is 0 Å². The van der Waals surface area contributed by atoms with Gasteiger partial charge in [0.05, 0.1) is 21.4 Å². The molecule has 3 heterocycles. The number of fused-ring (bicyclic) bond motifs is 1. The van der Waals surface area contributed by atoms with Crippen LogP contribution < -0.4 is 5.32 Å². The molecule has 7 heteroatoms. The van der Waals surface area contributed by atoms with Gasteiger partial charge < -0.3 is 10.2 Å². The Labute approximate surface area is 169 Å². The average Bonchev–Trinajstić information content (AvgIpc) is 3.02. The van der Waals surface area contributed by atoms with E-state index in [0.717, 1.165) is 60.5 Å². The molecule has 28 heavy (non-hydrogen) atoms. The molecule has 1 aliphatic heterocycles. The van der Waals surface area contributed by atoms with Gasteiger partial charge in [0.15, 0.2) is 0 Å². The largest absolute Gasteiger partial charge is 0.324 e. The van der Waals surface area contributed by atoms with E-state index in [9.17, 15) is 4.79 Å². The van der Waals surface area contributed by atoms with Gasteiger partial charge in [-0.15, -0.1) is 11.3 Å². The minimum absolute atomic E-state index is 0.0168. The fraction of sp³-hybridized carbons (Fsp3) is 0.381. The van der Waals surface area contributed by atoms with Crippen molar-refractivity contribution in [2.45, 2.75) is 31.8 Å². The topological polar surface area (TPSA) is 61.4 Å². The Balaban J connectivity index is 1.33. The second-order valence-corrected chi connectivity index (χ2v) is 8.16. The lowest BCUT2D eigenvalue weighted by Gasteiger charge is -2.27. The maximum Gasteiger partial charge on any atom is 0.321 e. The Kier molecular flexibility index (Phi) is 5.83. The van der Waals surface area contributed by atoms with Crippen molar-refractivity contribution in [3.63, 3.8) is 0 Å². The van der Waals surface area contributed by atoms with E-state index in [1.807, 2.05) is 46.9 Å². The van der Waals surface area contributed by atoms with Crippen LogP contribution in [0.2, 0.25) is 0 Å². The molecule has 2 aromatic heterocycles. The molecule has 1 fully saturated rings. The highest BCUT2D eigenvalue weighted by atomic mass is 32.1. The lowest BCUT2D eigenvalue weighted by molar-refractivity contribution is 0.200. The molecular weight excluding hydrogens is 370 g/mol. The van der Waals surface area contributed by atoms with Crippen LogP contribution in [0.25, 0.3) is 10.2 Å². The number of likely N-dealkylation sites (tertiary alicyclic amines) is 1. The van der Waals surface area contributed by atoms with Gasteiger partial charge in [-0.2, -0.15) is 0 Å². The molecule has 146 valence electrons. The summed E-state index contributed by atoms with van der Waals surface area (Å²) in [5.74, 6) is 0. The van der Waals surface area contributed by atoms with Gasteiger partial charge in [0, 0.05) is 37.6 Å². The van der Waals surface area contributed by atoms with E-state index >= 15 is 0 Å². The number of hydrogen-bond acceptors (Lipinski definition) is 5. The summed E-state index contributed by atoms with van der Waals surface area (Å²) in [7, 11) is 2.15. The van der Waals surface area contributed by atoms with Gasteiger partial charge in [-0.25, -0.2) is 9.78 Å². The number of pyridine rings is 1. The number of rotatable bonds is 4. The van der Waals surface area contributed by atoms with Crippen LogP contribution in [0.1, 0.15) is 25.0 Å². The lowest BCUT2D eigenvalue weighted by Crippen LogP contribution is -2.37. The molecule has 1 atom stereocenters. The Hall–Kier alpha value is -2.51. The maximum absolute atomic E-state index is 12.7. The lowest BCUT2D eigenvalue weighted by atomic mass is 10.1. The summed E-state index contributed by atoms with van der Waals surface area (Å²) in [5.41, 5.74) is 4.71. The van der Waals surface area contributed by atoms with Crippen LogP contribution >= 0.6 is 11.3 Å². The molecule has 0 spiro atoms. The molecule has 1 saturated heterocycles. The summed E-state index contributed by atoms with van der Waals surface area (Å²) in [4.78, 5) is 25.7. The molecule has 1 aromatic carbocycles. The van der Waals surface area contributed by atoms with E-state index in [0.29, 0.717) is 6.04 Å². The predicted octanol–water partition coefficient (Wildman–Crippen LogP) is 4.21. The summed E-state index contributed by atoms with van der Waals surface area (Å²) in [5, 5.41) is 3.05. The first-order valence-electron chi connectivity index (χ1n) is 9.68. The highest BCUT2D eigenvalue weighted by Crippen LogP contribution is 2.23. The summed E-state index contributed by atoms with van der Waals surface area (Å²) in [6, 6.07) is 12.3. The van der Waals surface area contributed by atoms with Gasteiger partial charge in [0.25, 0.3) is 0 Å². The molecule has 4 rings (SSSR count). The molecule has 2 amide bonds. The zero-order chi connectivity index (χ0) is 19.3. The number of anilines is 1. The van der Waals surface area contributed by atoms with Crippen molar-refractivity contribution in [3.8, 4) is 0 Å². The van der Waals surface area contributed by atoms with Gasteiger partial charge in [0.1, 0.15) is 0 Å². The van der Waals surface area contributed by atoms with E-state index in [2.05, 4.69) is 33.3 Å². The van der Waals surface area contributed by atoms with Crippen LogP contribution in [0, 0.1) is 0 Å². The van der Waals surface area contributed by atoms with Crippen molar-refractivity contribution >= 4 is 33.3 Å². The zero-order valence-electron chi connectivity index (χ0n) is 16.0. The van der Waals surface area contributed by atoms with Crippen LogP contribution in [0.15, 0.2) is 48.1 Å². The minimum Gasteiger partial charge on any atom is -0.324 e. The Morgan fingerprint density at radius 2 is 2.18 bits per heavy atom. The summed E-state index contributed by atoms with van der Waals surface area (Å²) >= 11 is 1.58. The van der Waals surface area contributed by atoms with Crippen LogP contribution in [-0.4, -0.2) is 52.0 Å². The molecular formula is C21H25N5OS. The van der Waals surface area contributed by atoms with E-state index in [-0.39, 0.29) is 6.03 Å². The summed E-state index contributed by atoms with van der Waals surface area (Å²) in [6.45, 7) is 2.40. The standard InChI is InChI=1S/C21H25N5OS/c1-25(14-17-5-2-3-10-22-17)18-6-4-11-26(12-9-18)21(27)24-16-7-8-19-20(13-16)28-15-23-19/h2-3,5,7-8,10,13,15,18H,4,6,9,11-12,14H2,1H3,(H,24,27). The fourth-order valence-corrected chi connectivity index (χ4v) is 4.45. The van der Waals surface area contributed by atoms with Crippen molar-refractivity contribution in [3.05, 3.63) is 53.8 Å². The van der Waals surface area contributed by atoms with Gasteiger partial charge in [-0.05, 0) is 56.6 Å². The van der Waals surface area contributed by atoms with Crippen molar-refractivity contribution in [1.29, 1.82) is 0 Å². The normalized spacial score (nSPS) is 17.6. The number of carbonyl (C=O) groups is 1. The van der Waals surface area contributed by atoms with E-state index in [1.165, 1.54) is 0 Å². The summed E-state index contributed by atoms with van der Waals surface area (Å²) < 4.78 is 1.09. The maximum atomic E-state index is 12.7. The van der Waals surface area contributed by atoms with E-state index < -0.39 is 0 Å². The highest BCUT2D eigenvalue weighted by Gasteiger charge is 2.23. The van der Waals surface area contributed by atoms with Crippen molar-refractivity contribution < 1.29 is 4.79 Å². The third-order valence-electron chi connectivity index (χ3n) is 5.33. The first-order chi connectivity index (χ1) is 13.7. The SMILES string of the molecule is CN(Cc1ccccn1)C1CCCN(C(=O)Nc2ccc3ncsc3c2)CC1. The molecule has 0 bridgehead atoms. The number of nitrogens with one attached hydrogen (secondary N) is 1. The number of thiazole rings is 1. The molecule has 1 unspecified atom stereocenters. The highest BCUT2D eigenvalue weighted by molar-refractivity contribution is 7.16. The number of aromatic nitrogens is 2. The quantitative estimate of drug-likeness (QED) is 0.719. The first-order valence-corrected chi connectivity index (χ1v) is 10.6. The number of amides is 2. The zero-order valence-corrected chi connectivity index (χ0v) is 16.9. The Morgan fingerprint density at radius 3 is 3.04 bits per heavy atom. The van der Waals surface area contributed by atoms with Crippen LogP contribution in [0.5, 0.6) is 0 Å². The fourth-order valence-electron chi connectivity index (χ4n) is 3.73. The molecule has 0 radical (unpaired) electrons. The van der Waals surface area contributed by atoms with Gasteiger partial charge in [0.2, 0.25) is 0 Å². The molecule has 6 nitrogen and oxygen atoms in total. The first kappa shape index (κ1) is 18.8. The number of hydrogen-bond donors (Lipinski definition) is 1. The third kappa shape index (κ3) is 4.48. The number of carbonyl (C=O) groups excluding carboxylic acids is 1. The second kappa shape index (κ2) is 8.67. The van der Waals surface area contributed by atoms with Crippen molar-refractivity contribution in [1.82, 2.24) is 19.8 Å². The second-order valence-electron chi connectivity index (χ2n) is 7.27. The van der Waals surface area contributed by atoms with Crippen LogP contribution in [-0.2, 0) is 6.54 Å². The number of nitrogens with zero attached hydrogens (tertiary/aromatic N) is 4. The molecule has 0 aliphatic carbocycles. The molecule has 0 saturated carbocycles.